The predicted molar refractivity (Wildman–Crippen MR) is 81.2 cm³/mol. The third-order valence-electron chi connectivity index (χ3n) is 3.20. The van der Waals surface area contributed by atoms with Crippen LogP contribution in [0, 0.1) is 0 Å². The maximum Gasteiger partial charge on any atom is 0.261 e. The molecule has 1 atom stereocenters. The predicted octanol–water partition coefficient (Wildman–Crippen LogP) is 2.73. The van der Waals surface area contributed by atoms with Gasteiger partial charge in [0.25, 0.3) is 5.91 Å². The monoisotopic (exact) mass is 276 g/mol. The zero-order valence-electron chi connectivity index (χ0n) is 12.7. The van der Waals surface area contributed by atoms with Gasteiger partial charge in [-0.25, -0.2) is 0 Å². The summed E-state index contributed by atoms with van der Waals surface area (Å²) in [5, 5.41) is 6.29. The van der Waals surface area contributed by atoms with Crippen LogP contribution in [0.1, 0.15) is 39.7 Å². The molecule has 1 aromatic carbocycles. The first-order valence-corrected chi connectivity index (χ1v) is 7.21. The number of rotatable bonds is 3. The lowest BCUT2D eigenvalue weighted by molar-refractivity contribution is -0.128. The van der Waals surface area contributed by atoms with E-state index in [4.69, 9.17) is 4.74 Å². The summed E-state index contributed by atoms with van der Waals surface area (Å²) < 4.78 is 5.74. The first-order chi connectivity index (χ1) is 9.35. The van der Waals surface area contributed by atoms with Crippen LogP contribution in [-0.4, -0.2) is 24.1 Å². The summed E-state index contributed by atoms with van der Waals surface area (Å²) in [6.07, 6.45) is 1.76. The summed E-state index contributed by atoms with van der Waals surface area (Å²) >= 11 is 0. The van der Waals surface area contributed by atoms with Gasteiger partial charge in [-0.2, -0.15) is 0 Å². The van der Waals surface area contributed by atoms with Crippen molar-refractivity contribution in [3.8, 4) is 5.75 Å². The van der Waals surface area contributed by atoms with Crippen molar-refractivity contribution >= 4 is 11.6 Å². The van der Waals surface area contributed by atoms with Crippen molar-refractivity contribution in [2.75, 3.05) is 11.9 Å². The number of nitrogens with one attached hydrogen (secondary N) is 2. The van der Waals surface area contributed by atoms with Crippen LogP contribution >= 0.6 is 0 Å². The maximum absolute atomic E-state index is 12.0. The van der Waals surface area contributed by atoms with E-state index in [0.29, 0.717) is 0 Å². The second-order valence-electron chi connectivity index (χ2n) is 6.35. The van der Waals surface area contributed by atoms with Gasteiger partial charge in [0.15, 0.2) is 6.10 Å². The summed E-state index contributed by atoms with van der Waals surface area (Å²) in [5.41, 5.74) is 2.19. The van der Waals surface area contributed by atoms with Crippen LogP contribution in [0.5, 0.6) is 5.75 Å². The van der Waals surface area contributed by atoms with Crippen LogP contribution < -0.4 is 15.4 Å². The van der Waals surface area contributed by atoms with Crippen molar-refractivity contribution in [2.24, 2.45) is 0 Å². The van der Waals surface area contributed by atoms with Gasteiger partial charge in [0.1, 0.15) is 5.75 Å². The Morgan fingerprint density at radius 3 is 2.85 bits per heavy atom. The molecule has 0 aliphatic carbocycles. The van der Waals surface area contributed by atoms with Crippen LogP contribution in [0.3, 0.4) is 0 Å². The van der Waals surface area contributed by atoms with E-state index in [0.717, 1.165) is 30.8 Å². The van der Waals surface area contributed by atoms with E-state index in [-0.39, 0.29) is 11.4 Å². The standard InChI is InChI=1S/C16H24N2O2/c1-11(15(19)18-16(2,3)4)20-13-8-7-12-6-5-9-17-14(12)10-13/h7-8,10-11,17H,5-6,9H2,1-4H3,(H,18,19). The molecule has 1 amide bonds. The molecule has 1 heterocycles. The molecule has 2 rings (SSSR count). The Morgan fingerprint density at radius 2 is 2.15 bits per heavy atom. The fourth-order valence-electron chi connectivity index (χ4n) is 2.24. The highest BCUT2D eigenvalue weighted by Crippen LogP contribution is 2.27. The zero-order chi connectivity index (χ0) is 14.8. The molecule has 20 heavy (non-hydrogen) atoms. The number of benzene rings is 1. The molecule has 4 nitrogen and oxygen atoms in total. The molecular weight excluding hydrogens is 252 g/mol. The molecule has 1 aliphatic rings. The summed E-state index contributed by atoms with van der Waals surface area (Å²) in [5.74, 6) is 0.637. The second kappa shape index (κ2) is 5.73. The van der Waals surface area contributed by atoms with Crippen molar-refractivity contribution in [3.63, 3.8) is 0 Å². The molecule has 0 spiro atoms. The van der Waals surface area contributed by atoms with Crippen molar-refractivity contribution in [2.45, 2.75) is 52.2 Å². The number of fused-ring (bicyclic) bond motifs is 1. The molecule has 0 fully saturated rings. The molecule has 1 aromatic rings. The third-order valence-corrected chi connectivity index (χ3v) is 3.20. The lowest BCUT2D eigenvalue weighted by Gasteiger charge is -2.24. The summed E-state index contributed by atoms with van der Waals surface area (Å²) in [7, 11) is 0. The Labute approximate surface area is 120 Å². The first-order valence-electron chi connectivity index (χ1n) is 7.21. The fourth-order valence-corrected chi connectivity index (χ4v) is 2.24. The number of aryl methyl sites for hydroxylation is 1. The first kappa shape index (κ1) is 14.7. The molecule has 0 bridgehead atoms. The van der Waals surface area contributed by atoms with Gasteiger partial charge in [-0.3, -0.25) is 4.79 Å². The lowest BCUT2D eigenvalue weighted by atomic mass is 10.0. The molecule has 2 N–H and O–H groups in total. The normalized spacial score (nSPS) is 15.8. The van der Waals surface area contributed by atoms with Gasteiger partial charge in [0.05, 0.1) is 0 Å². The van der Waals surface area contributed by atoms with Gasteiger partial charge in [0.2, 0.25) is 0 Å². The van der Waals surface area contributed by atoms with Gasteiger partial charge in [0, 0.05) is 23.8 Å². The molecule has 1 aliphatic heterocycles. The minimum absolute atomic E-state index is 0.0943. The maximum atomic E-state index is 12.0. The zero-order valence-corrected chi connectivity index (χ0v) is 12.7. The van der Waals surface area contributed by atoms with Gasteiger partial charge in [-0.15, -0.1) is 0 Å². The Hall–Kier alpha value is -1.71. The molecule has 110 valence electrons. The van der Waals surface area contributed by atoms with E-state index >= 15 is 0 Å². The van der Waals surface area contributed by atoms with Gasteiger partial charge in [-0.05, 0) is 52.2 Å². The summed E-state index contributed by atoms with van der Waals surface area (Å²) in [6.45, 7) is 8.64. The van der Waals surface area contributed by atoms with Gasteiger partial charge >= 0.3 is 0 Å². The molecule has 1 unspecified atom stereocenters. The number of ether oxygens (including phenoxy) is 1. The van der Waals surface area contributed by atoms with Crippen LogP contribution in [0.25, 0.3) is 0 Å². The average Bonchev–Trinajstić information content (AvgIpc) is 2.36. The molecule has 0 aromatic heterocycles. The Bertz CT molecular complexity index is 492. The topological polar surface area (TPSA) is 50.4 Å². The average molecular weight is 276 g/mol. The van der Waals surface area contributed by atoms with Crippen molar-refractivity contribution in [1.29, 1.82) is 0 Å². The van der Waals surface area contributed by atoms with E-state index in [1.165, 1.54) is 5.56 Å². The van der Waals surface area contributed by atoms with Crippen LogP contribution in [0.4, 0.5) is 5.69 Å². The highest BCUT2D eigenvalue weighted by atomic mass is 16.5. The Morgan fingerprint density at radius 1 is 1.40 bits per heavy atom. The van der Waals surface area contributed by atoms with E-state index in [1.807, 2.05) is 32.9 Å². The number of amides is 1. The van der Waals surface area contributed by atoms with Crippen molar-refractivity contribution < 1.29 is 9.53 Å². The SMILES string of the molecule is CC(Oc1ccc2c(c1)NCCC2)C(=O)NC(C)(C)C. The van der Waals surface area contributed by atoms with Gasteiger partial charge in [-0.1, -0.05) is 6.07 Å². The Balaban J connectivity index is 2.01. The van der Waals surface area contributed by atoms with E-state index in [2.05, 4.69) is 16.7 Å². The van der Waals surface area contributed by atoms with E-state index in [1.54, 1.807) is 6.92 Å². The Kier molecular flexibility index (Phi) is 4.21. The largest absolute Gasteiger partial charge is 0.481 e. The molecule has 0 saturated heterocycles. The molecule has 4 heteroatoms. The molecule has 0 radical (unpaired) electrons. The minimum atomic E-state index is -0.504. The number of hydrogen-bond donors (Lipinski definition) is 2. The quantitative estimate of drug-likeness (QED) is 0.892. The second-order valence-corrected chi connectivity index (χ2v) is 6.35. The number of carbonyl (C=O) groups excluding carboxylic acids is 1. The fraction of sp³-hybridized carbons (Fsp3) is 0.562. The minimum Gasteiger partial charge on any atom is -0.481 e. The highest BCUT2D eigenvalue weighted by molar-refractivity contribution is 5.81. The van der Waals surface area contributed by atoms with Crippen molar-refractivity contribution in [1.82, 2.24) is 5.32 Å². The summed E-state index contributed by atoms with van der Waals surface area (Å²) in [6, 6.07) is 5.99. The third kappa shape index (κ3) is 3.89. The van der Waals surface area contributed by atoms with Crippen molar-refractivity contribution in [3.05, 3.63) is 23.8 Å². The van der Waals surface area contributed by atoms with Gasteiger partial charge < -0.3 is 15.4 Å². The molecule has 0 saturated carbocycles. The number of hydrogen-bond acceptors (Lipinski definition) is 3. The number of anilines is 1. The highest BCUT2D eigenvalue weighted by Gasteiger charge is 2.21. The van der Waals surface area contributed by atoms with E-state index in [9.17, 15) is 4.79 Å². The lowest BCUT2D eigenvalue weighted by Crippen LogP contribution is -2.46. The molecular formula is C16H24N2O2. The van der Waals surface area contributed by atoms with Crippen LogP contribution in [-0.2, 0) is 11.2 Å². The summed E-state index contributed by atoms with van der Waals surface area (Å²) in [4.78, 5) is 12.0. The van der Waals surface area contributed by atoms with Crippen LogP contribution in [0.15, 0.2) is 18.2 Å². The number of carbonyl (C=O) groups is 1. The smallest absolute Gasteiger partial charge is 0.261 e. The van der Waals surface area contributed by atoms with E-state index < -0.39 is 6.10 Å². The van der Waals surface area contributed by atoms with Crippen LogP contribution in [0.2, 0.25) is 0 Å².